The van der Waals surface area contributed by atoms with Crippen LogP contribution in [0, 0.1) is 59.0 Å². The van der Waals surface area contributed by atoms with Crippen molar-refractivity contribution in [2.45, 2.75) is 45.7 Å². The summed E-state index contributed by atoms with van der Waals surface area (Å²) < 4.78 is 10.3. The van der Waals surface area contributed by atoms with E-state index in [1.807, 2.05) is 13.8 Å². The van der Waals surface area contributed by atoms with Crippen LogP contribution in [0.1, 0.15) is 40.0 Å². The van der Waals surface area contributed by atoms with Gasteiger partial charge < -0.3 is 14.5 Å². The van der Waals surface area contributed by atoms with Crippen LogP contribution in [0.3, 0.4) is 0 Å². The third-order valence-corrected chi connectivity index (χ3v) is 3.88. The SMILES string of the molecule is CCC1(CCC#CSI)N=N1.CCOC1=NCC(OCC)=N[CH-]1.[Pr]. The van der Waals surface area contributed by atoms with Crippen LogP contribution in [0.15, 0.2) is 20.2 Å². The molecular formula is C15H22IN4O2PrS-. The minimum Gasteiger partial charge on any atom is -0.564 e. The average molecular weight is 590 g/mol. The maximum atomic E-state index is 5.17. The number of aliphatic imine (C=N–C) groups is 2. The van der Waals surface area contributed by atoms with E-state index >= 15 is 0 Å². The second kappa shape index (κ2) is 14.6. The smallest absolute Gasteiger partial charge is 0.191 e. The summed E-state index contributed by atoms with van der Waals surface area (Å²) in [6.45, 7) is 9.27. The third kappa shape index (κ3) is 10.4. The van der Waals surface area contributed by atoms with Crippen molar-refractivity contribution in [1.29, 1.82) is 0 Å². The fraction of sp³-hybridized carbons (Fsp3) is 0.667. The van der Waals surface area contributed by atoms with Crippen molar-refractivity contribution in [2.24, 2.45) is 20.2 Å². The Morgan fingerprint density at radius 1 is 1.25 bits per heavy atom. The molecule has 0 bridgehead atoms. The van der Waals surface area contributed by atoms with E-state index in [0.717, 1.165) is 19.3 Å². The molecule has 131 valence electrons. The Labute approximate surface area is 194 Å². The summed E-state index contributed by atoms with van der Waals surface area (Å²) in [5, 5.41) is 10.9. The number of hydrogen-bond donors (Lipinski definition) is 0. The van der Waals surface area contributed by atoms with Crippen LogP contribution in [0.2, 0.25) is 0 Å². The van der Waals surface area contributed by atoms with Gasteiger partial charge in [0.2, 0.25) is 0 Å². The van der Waals surface area contributed by atoms with Gasteiger partial charge in [0.15, 0.2) is 5.66 Å². The molecule has 0 amide bonds. The number of ether oxygens (including phenoxy) is 2. The molecule has 0 unspecified atom stereocenters. The summed E-state index contributed by atoms with van der Waals surface area (Å²) in [6, 6.07) is 0. The quantitative estimate of drug-likeness (QED) is 0.271. The Bertz CT molecular complexity index is 489. The van der Waals surface area contributed by atoms with E-state index in [1.54, 1.807) is 6.54 Å². The Balaban J connectivity index is 0.000000425. The predicted octanol–water partition coefficient (Wildman–Crippen LogP) is 4.41. The Hall–Kier alpha value is 0.414. The normalized spacial score (nSPS) is 15.8. The van der Waals surface area contributed by atoms with Gasteiger partial charge in [-0.25, -0.2) is 0 Å². The number of hydrogen-bond acceptors (Lipinski definition) is 7. The third-order valence-electron chi connectivity index (χ3n) is 3.00. The largest absolute Gasteiger partial charge is 0.564 e. The molecule has 9 heteroatoms. The molecule has 1 radical (unpaired) electrons. The van der Waals surface area contributed by atoms with Gasteiger partial charge in [0.25, 0.3) is 0 Å². The van der Waals surface area contributed by atoms with E-state index < -0.39 is 0 Å². The van der Waals surface area contributed by atoms with Crippen molar-refractivity contribution >= 4 is 41.9 Å². The molecule has 24 heavy (non-hydrogen) atoms. The molecule has 2 heterocycles. The maximum Gasteiger partial charge on any atom is 0.191 e. The van der Waals surface area contributed by atoms with E-state index in [4.69, 9.17) is 9.47 Å². The summed E-state index contributed by atoms with van der Waals surface area (Å²) in [4.78, 5) is 8.14. The molecule has 0 aliphatic carbocycles. The molecule has 0 aromatic heterocycles. The van der Waals surface area contributed by atoms with Crippen LogP contribution in [-0.2, 0) is 9.47 Å². The van der Waals surface area contributed by atoms with Gasteiger partial charge in [-0.3, -0.25) is 4.99 Å². The number of rotatable bonds is 5. The molecule has 0 spiro atoms. The van der Waals surface area contributed by atoms with E-state index in [9.17, 15) is 0 Å². The van der Waals surface area contributed by atoms with Gasteiger partial charge in [0.1, 0.15) is 5.90 Å². The molecule has 0 fully saturated rings. The molecule has 2 aliphatic rings. The Morgan fingerprint density at radius 3 is 2.42 bits per heavy atom. The fourth-order valence-electron chi connectivity index (χ4n) is 1.66. The minimum absolute atomic E-state index is 0. The fourth-order valence-corrected chi connectivity index (χ4v) is 2.29. The average Bonchev–Trinajstić information content (AvgIpc) is 3.35. The van der Waals surface area contributed by atoms with E-state index in [0.29, 0.717) is 31.6 Å². The molecule has 0 N–H and O–H groups in total. The zero-order valence-corrected chi connectivity index (χ0v) is 21.0. The van der Waals surface area contributed by atoms with Crippen LogP contribution in [0.25, 0.3) is 0 Å². The van der Waals surface area contributed by atoms with Crippen LogP contribution in [0.4, 0.5) is 0 Å². The zero-order chi connectivity index (χ0) is 17.0. The molecule has 2 aliphatic heterocycles. The van der Waals surface area contributed by atoms with E-state index in [2.05, 4.69) is 59.5 Å². The van der Waals surface area contributed by atoms with Crippen molar-refractivity contribution in [1.82, 2.24) is 0 Å². The summed E-state index contributed by atoms with van der Waals surface area (Å²) in [6.07, 6.45) is 2.93. The van der Waals surface area contributed by atoms with Crippen LogP contribution in [-0.4, -0.2) is 37.2 Å². The van der Waals surface area contributed by atoms with Gasteiger partial charge in [0.05, 0.1) is 19.1 Å². The number of halogens is 1. The first-order valence-corrected chi connectivity index (χ1v) is 10.9. The van der Waals surface area contributed by atoms with E-state index in [-0.39, 0.29) is 47.0 Å². The first-order valence-electron chi connectivity index (χ1n) is 7.59. The second-order valence-corrected chi connectivity index (χ2v) is 6.24. The van der Waals surface area contributed by atoms with Crippen molar-refractivity contribution in [3.8, 4) is 11.2 Å². The topological polar surface area (TPSA) is 67.9 Å². The monoisotopic (exact) mass is 590 g/mol. The zero-order valence-electron chi connectivity index (χ0n) is 14.3. The predicted molar refractivity (Wildman–Crippen MR) is 104 cm³/mol. The first-order chi connectivity index (χ1) is 11.2. The first kappa shape index (κ1) is 24.4. The van der Waals surface area contributed by atoms with Crippen molar-refractivity contribution in [3.63, 3.8) is 0 Å². The van der Waals surface area contributed by atoms with Gasteiger partial charge in [-0.1, -0.05) is 19.4 Å². The van der Waals surface area contributed by atoms with Crippen LogP contribution in [0.5, 0.6) is 0 Å². The van der Waals surface area contributed by atoms with E-state index in [1.165, 1.54) is 8.93 Å². The Kier molecular flexibility index (Phi) is 14.8. The molecule has 0 atom stereocenters. The number of nitrogens with zero attached hydrogens (tertiary/aromatic N) is 4. The molecule has 2 rings (SSSR count). The molecule has 6 nitrogen and oxygen atoms in total. The second-order valence-electron chi connectivity index (χ2n) is 4.56. The van der Waals surface area contributed by atoms with Crippen molar-refractivity contribution < 1.29 is 50.8 Å². The van der Waals surface area contributed by atoms with Gasteiger partial charge >= 0.3 is 0 Å². The van der Waals surface area contributed by atoms with Gasteiger partial charge in [-0.2, -0.15) is 10.2 Å². The molecule has 0 saturated heterocycles. The molecule has 0 aromatic carbocycles. The van der Waals surface area contributed by atoms with Crippen molar-refractivity contribution in [2.75, 3.05) is 19.8 Å². The van der Waals surface area contributed by atoms with Crippen LogP contribution < -0.4 is 0 Å². The van der Waals surface area contributed by atoms with Gasteiger partial charge in [0, 0.05) is 81.9 Å². The van der Waals surface area contributed by atoms with Crippen LogP contribution >= 0.6 is 30.1 Å². The Morgan fingerprint density at radius 2 is 1.96 bits per heavy atom. The molecule has 0 aromatic rings. The molecule has 0 saturated carbocycles. The summed E-state index contributed by atoms with van der Waals surface area (Å²) in [5.74, 6) is 4.29. The standard InChI is InChI=1S/C8H13N2O2.C7H9IN2S.Pr/c1-3-11-7-5-10-8(6-9-7)12-4-2;1-2-7(9-10-7)5-3-4-6-11-8;/h5H,3-4,6H2,1-2H3;2-3,5H2,1H3;/q-1;;. The van der Waals surface area contributed by atoms with Gasteiger partial charge in [-0.05, 0) is 34.5 Å². The molecular weight excluding hydrogens is 568 g/mol. The van der Waals surface area contributed by atoms with Crippen molar-refractivity contribution in [3.05, 3.63) is 6.54 Å². The minimum atomic E-state index is -0.0232. The maximum absolute atomic E-state index is 5.17. The summed E-state index contributed by atoms with van der Waals surface area (Å²) in [7, 11) is 1.53. The summed E-state index contributed by atoms with van der Waals surface area (Å²) in [5.41, 5.74) is -0.0232. The van der Waals surface area contributed by atoms with Gasteiger partial charge in [-0.15, -0.1) is 0 Å². The summed E-state index contributed by atoms with van der Waals surface area (Å²) >= 11 is 2.17.